The number of aliphatic carboxylic acids is 1. The van der Waals surface area contributed by atoms with E-state index in [4.69, 9.17) is 5.11 Å². The van der Waals surface area contributed by atoms with Gasteiger partial charge in [-0.1, -0.05) is 6.92 Å². The van der Waals surface area contributed by atoms with Crippen LogP contribution in [-0.2, 0) is 14.4 Å². The third-order valence-electron chi connectivity index (χ3n) is 2.31. The summed E-state index contributed by atoms with van der Waals surface area (Å²) < 4.78 is 0. The van der Waals surface area contributed by atoms with Gasteiger partial charge in [-0.05, 0) is 25.4 Å². The van der Waals surface area contributed by atoms with Crippen LogP contribution in [0.2, 0.25) is 0 Å². The number of carbonyl (C=O) groups excluding carboxylic acids is 2. The third-order valence-corrected chi connectivity index (χ3v) is 2.96. The number of nitrogens with one attached hydrogen (secondary N) is 2. The molecule has 0 spiro atoms. The molecule has 0 aliphatic heterocycles. The lowest BCUT2D eigenvalue weighted by molar-refractivity contribution is -0.141. The normalized spacial score (nSPS) is 13.5. The number of carboxylic acid groups (broad SMARTS) is 1. The highest BCUT2D eigenvalue weighted by atomic mass is 32.2. The Hall–Kier alpha value is -1.24. The summed E-state index contributed by atoms with van der Waals surface area (Å²) in [5, 5.41) is 13.7. The topological polar surface area (TPSA) is 95.5 Å². The number of hydrogen-bond acceptors (Lipinski definition) is 4. The molecule has 0 aromatic rings. The standard InChI is InChI=1S/C11H20N2O4S/c1-4-9(14)13-8(5-6-18-3)10(15)12-7(2)11(16)17/h7-8H,4-6H2,1-3H3,(H,12,15)(H,13,14)(H,16,17)/t7-,8?/m0/s1. The van der Waals surface area contributed by atoms with E-state index in [-0.39, 0.29) is 12.3 Å². The molecule has 0 rings (SSSR count). The van der Waals surface area contributed by atoms with Gasteiger partial charge in [0.2, 0.25) is 11.8 Å². The Labute approximate surface area is 111 Å². The van der Waals surface area contributed by atoms with Crippen LogP contribution in [0.5, 0.6) is 0 Å². The smallest absolute Gasteiger partial charge is 0.325 e. The Morgan fingerprint density at radius 2 is 1.89 bits per heavy atom. The molecule has 2 atom stereocenters. The van der Waals surface area contributed by atoms with Crippen LogP contribution in [0, 0.1) is 0 Å². The second-order valence-electron chi connectivity index (χ2n) is 3.82. The van der Waals surface area contributed by atoms with Crippen LogP contribution in [0.4, 0.5) is 0 Å². The fourth-order valence-electron chi connectivity index (χ4n) is 1.18. The number of thioether (sulfide) groups is 1. The van der Waals surface area contributed by atoms with Crippen LogP contribution in [-0.4, -0.2) is 47.0 Å². The maximum Gasteiger partial charge on any atom is 0.325 e. The Kier molecular flexibility index (Phi) is 8.19. The molecule has 0 fully saturated rings. The molecule has 18 heavy (non-hydrogen) atoms. The quantitative estimate of drug-likeness (QED) is 0.589. The van der Waals surface area contributed by atoms with Gasteiger partial charge in [-0.25, -0.2) is 0 Å². The van der Waals surface area contributed by atoms with Crippen molar-refractivity contribution >= 4 is 29.5 Å². The van der Waals surface area contributed by atoms with Gasteiger partial charge in [0, 0.05) is 6.42 Å². The van der Waals surface area contributed by atoms with Crippen LogP contribution in [0.1, 0.15) is 26.7 Å². The Morgan fingerprint density at radius 3 is 2.33 bits per heavy atom. The molecule has 3 N–H and O–H groups in total. The molecule has 0 saturated heterocycles. The number of hydrogen-bond donors (Lipinski definition) is 3. The number of amides is 2. The minimum absolute atomic E-state index is 0.223. The van der Waals surface area contributed by atoms with Gasteiger partial charge in [0.15, 0.2) is 0 Å². The zero-order valence-electron chi connectivity index (χ0n) is 10.9. The molecule has 6 nitrogen and oxygen atoms in total. The van der Waals surface area contributed by atoms with E-state index in [2.05, 4.69) is 10.6 Å². The molecule has 1 unspecified atom stereocenters. The largest absolute Gasteiger partial charge is 0.480 e. The van der Waals surface area contributed by atoms with Crippen LogP contribution in [0.3, 0.4) is 0 Å². The first kappa shape index (κ1) is 16.8. The van der Waals surface area contributed by atoms with E-state index in [1.54, 1.807) is 18.7 Å². The zero-order valence-corrected chi connectivity index (χ0v) is 11.7. The van der Waals surface area contributed by atoms with E-state index in [0.717, 1.165) is 0 Å². The van der Waals surface area contributed by atoms with Gasteiger partial charge >= 0.3 is 5.97 Å². The molecular formula is C11H20N2O4S. The van der Waals surface area contributed by atoms with Crippen LogP contribution in [0.15, 0.2) is 0 Å². The first-order chi connectivity index (χ1) is 8.42. The van der Waals surface area contributed by atoms with Crippen LogP contribution >= 0.6 is 11.8 Å². The van der Waals surface area contributed by atoms with Crippen LogP contribution < -0.4 is 10.6 Å². The maximum absolute atomic E-state index is 11.8. The average molecular weight is 276 g/mol. The molecule has 0 bridgehead atoms. The van der Waals surface area contributed by atoms with Crippen molar-refractivity contribution in [1.29, 1.82) is 0 Å². The van der Waals surface area contributed by atoms with Gasteiger partial charge in [-0.3, -0.25) is 14.4 Å². The first-order valence-electron chi connectivity index (χ1n) is 5.73. The van der Waals surface area contributed by atoms with Crippen LogP contribution in [0.25, 0.3) is 0 Å². The van der Waals surface area contributed by atoms with E-state index in [1.165, 1.54) is 6.92 Å². The van der Waals surface area contributed by atoms with E-state index in [9.17, 15) is 14.4 Å². The zero-order chi connectivity index (χ0) is 14.1. The number of carbonyl (C=O) groups is 3. The van der Waals surface area contributed by atoms with Gasteiger partial charge in [0.05, 0.1) is 0 Å². The Balaban J connectivity index is 4.48. The van der Waals surface area contributed by atoms with E-state index < -0.39 is 24.0 Å². The number of carboxylic acids is 1. The summed E-state index contributed by atoms with van der Waals surface area (Å²) in [6, 6.07) is -1.64. The molecule has 0 heterocycles. The van der Waals surface area contributed by atoms with Gasteiger partial charge in [0.1, 0.15) is 12.1 Å². The average Bonchev–Trinajstić information content (AvgIpc) is 2.33. The molecule has 0 radical (unpaired) electrons. The van der Waals surface area contributed by atoms with Crippen molar-refractivity contribution in [3.8, 4) is 0 Å². The second-order valence-corrected chi connectivity index (χ2v) is 4.81. The highest BCUT2D eigenvalue weighted by Gasteiger charge is 2.23. The van der Waals surface area contributed by atoms with Gasteiger partial charge < -0.3 is 15.7 Å². The monoisotopic (exact) mass is 276 g/mol. The van der Waals surface area contributed by atoms with Gasteiger partial charge in [-0.15, -0.1) is 0 Å². The predicted octanol–water partition coefficient (Wildman–Crippen LogP) is 0.224. The van der Waals surface area contributed by atoms with E-state index in [0.29, 0.717) is 12.2 Å². The minimum Gasteiger partial charge on any atom is -0.480 e. The van der Waals surface area contributed by atoms with Crippen molar-refractivity contribution in [2.24, 2.45) is 0 Å². The van der Waals surface area contributed by atoms with Crippen molar-refractivity contribution in [2.75, 3.05) is 12.0 Å². The summed E-state index contributed by atoms with van der Waals surface area (Å²) in [5.74, 6) is -1.07. The Bertz CT molecular complexity index is 309. The highest BCUT2D eigenvalue weighted by molar-refractivity contribution is 7.98. The van der Waals surface area contributed by atoms with Gasteiger partial charge in [-0.2, -0.15) is 11.8 Å². The minimum atomic E-state index is -1.10. The van der Waals surface area contributed by atoms with Crippen molar-refractivity contribution in [2.45, 2.75) is 38.8 Å². The molecule has 0 aromatic carbocycles. The summed E-state index contributed by atoms with van der Waals surface area (Å²) >= 11 is 1.56. The lowest BCUT2D eigenvalue weighted by atomic mass is 10.2. The Morgan fingerprint density at radius 1 is 1.28 bits per heavy atom. The molecule has 0 saturated carbocycles. The lowest BCUT2D eigenvalue weighted by Gasteiger charge is -2.19. The lowest BCUT2D eigenvalue weighted by Crippen LogP contribution is -2.50. The predicted molar refractivity (Wildman–Crippen MR) is 70.5 cm³/mol. The summed E-state index contributed by atoms with van der Waals surface area (Å²) in [6.45, 7) is 3.08. The summed E-state index contributed by atoms with van der Waals surface area (Å²) in [5.41, 5.74) is 0. The molecular weight excluding hydrogens is 256 g/mol. The van der Waals surface area contributed by atoms with Crippen molar-refractivity contribution < 1.29 is 19.5 Å². The third kappa shape index (κ3) is 6.48. The summed E-state index contributed by atoms with van der Waals surface area (Å²) in [6.07, 6.45) is 2.67. The summed E-state index contributed by atoms with van der Waals surface area (Å²) in [4.78, 5) is 33.8. The fraction of sp³-hybridized carbons (Fsp3) is 0.727. The molecule has 2 amide bonds. The molecule has 0 aliphatic rings. The number of rotatable bonds is 8. The first-order valence-corrected chi connectivity index (χ1v) is 7.13. The summed E-state index contributed by atoms with van der Waals surface area (Å²) in [7, 11) is 0. The highest BCUT2D eigenvalue weighted by Crippen LogP contribution is 2.02. The maximum atomic E-state index is 11.8. The second kappa shape index (κ2) is 8.79. The van der Waals surface area contributed by atoms with Crippen molar-refractivity contribution in [3.05, 3.63) is 0 Å². The van der Waals surface area contributed by atoms with Crippen molar-refractivity contribution in [1.82, 2.24) is 10.6 Å². The van der Waals surface area contributed by atoms with E-state index >= 15 is 0 Å². The fourth-order valence-corrected chi connectivity index (χ4v) is 1.65. The van der Waals surface area contributed by atoms with Crippen molar-refractivity contribution in [3.63, 3.8) is 0 Å². The molecule has 0 aliphatic carbocycles. The molecule has 0 aromatic heterocycles. The molecule has 104 valence electrons. The van der Waals surface area contributed by atoms with E-state index in [1.807, 2.05) is 6.26 Å². The molecule has 7 heteroatoms. The SMILES string of the molecule is CCC(=O)NC(CCSC)C(=O)N[C@@H](C)C(=O)O. The van der Waals surface area contributed by atoms with Gasteiger partial charge in [0.25, 0.3) is 0 Å².